The van der Waals surface area contributed by atoms with Crippen molar-refractivity contribution in [1.29, 1.82) is 0 Å². The van der Waals surface area contributed by atoms with Crippen LogP contribution in [0.15, 0.2) is 34.8 Å². The van der Waals surface area contributed by atoms with Crippen LogP contribution in [0.2, 0.25) is 0 Å². The summed E-state index contributed by atoms with van der Waals surface area (Å²) in [6.07, 6.45) is 0. The van der Waals surface area contributed by atoms with Crippen LogP contribution in [0.25, 0.3) is 0 Å². The van der Waals surface area contributed by atoms with E-state index in [0.29, 0.717) is 0 Å². The van der Waals surface area contributed by atoms with Crippen LogP contribution in [-0.4, -0.2) is 11.7 Å². The van der Waals surface area contributed by atoms with Gasteiger partial charge in [-0.3, -0.25) is 0 Å². The van der Waals surface area contributed by atoms with Crippen LogP contribution >= 0.6 is 15.9 Å². The number of aliphatic hydroxyl groups is 1. The number of halogens is 1. The summed E-state index contributed by atoms with van der Waals surface area (Å²) in [6, 6.07) is 9.97. The average Bonchev–Trinajstić information content (AvgIpc) is 2.11. The Morgan fingerprint density at radius 2 is 1.50 bits per heavy atom. The molecule has 0 amide bonds. The normalized spacial score (nSPS) is 7.08. The topological polar surface area (TPSA) is 20.2 Å². The smallest absolute Gasteiger partial charge is 0.0402 e. The fraction of sp³-hybridized carbons (Fsp3) is 0.400. The van der Waals surface area contributed by atoms with E-state index in [1.54, 1.807) is 6.92 Å². The van der Waals surface area contributed by atoms with Gasteiger partial charge in [0.05, 0.1) is 0 Å². The highest BCUT2D eigenvalue weighted by Gasteiger charge is 1.74. The molecular formula is C10H17BrO. The number of rotatable bonds is 0. The molecule has 0 heterocycles. The second kappa shape index (κ2) is 13.3. The van der Waals surface area contributed by atoms with E-state index in [1.807, 2.05) is 44.2 Å². The van der Waals surface area contributed by atoms with E-state index < -0.39 is 0 Å². The van der Waals surface area contributed by atoms with Crippen molar-refractivity contribution in [2.75, 3.05) is 6.61 Å². The SMILES string of the molecule is Brc1ccccc1.CC.CCO. The van der Waals surface area contributed by atoms with Gasteiger partial charge >= 0.3 is 0 Å². The number of hydrogen-bond acceptors (Lipinski definition) is 1. The minimum absolute atomic E-state index is 0.250. The zero-order valence-corrected chi connectivity index (χ0v) is 9.51. The van der Waals surface area contributed by atoms with Crippen LogP contribution in [0.4, 0.5) is 0 Å². The van der Waals surface area contributed by atoms with Gasteiger partial charge in [0.1, 0.15) is 0 Å². The van der Waals surface area contributed by atoms with Crippen LogP contribution in [0, 0.1) is 0 Å². The van der Waals surface area contributed by atoms with Crippen molar-refractivity contribution in [1.82, 2.24) is 0 Å². The third-order valence-electron chi connectivity index (χ3n) is 0.733. The lowest BCUT2D eigenvalue weighted by Gasteiger charge is -1.80. The molecule has 12 heavy (non-hydrogen) atoms. The lowest BCUT2D eigenvalue weighted by atomic mass is 10.4. The monoisotopic (exact) mass is 232 g/mol. The molecule has 0 aliphatic carbocycles. The van der Waals surface area contributed by atoms with Crippen LogP contribution in [0.3, 0.4) is 0 Å². The van der Waals surface area contributed by atoms with Gasteiger partial charge in [0.2, 0.25) is 0 Å². The van der Waals surface area contributed by atoms with Gasteiger partial charge in [-0.2, -0.15) is 0 Å². The van der Waals surface area contributed by atoms with E-state index in [-0.39, 0.29) is 6.61 Å². The first-order valence-corrected chi connectivity index (χ1v) is 4.92. The highest BCUT2D eigenvalue weighted by Crippen LogP contribution is 2.05. The molecule has 0 aliphatic heterocycles. The summed E-state index contributed by atoms with van der Waals surface area (Å²) in [5.41, 5.74) is 0. The third kappa shape index (κ3) is 12.3. The molecule has 0 spiro atoms. The van der Waals surface area contributed by atoms with Gasteiger partial charge < -0.3 is 5.11 Å². The fourth-order valence-electron chi connectivity index (χ4n) is 0.415. The quantitative estimate of drug-likeness (QED) is 0.727. The molecule has 1 aromatic rings. The molecular weight excluding hydrogens is 216 g/mol. The van der Waals surface area contributed by atoms with Crippen LogP contribution < -0.4 is 0 Å². The molecule has 0 atom stereocenters. The maximum absolute atomic E-state index is 7.57. The van der Waals surface area contributed by atoms with Gasteiger partial charge in [-0.1, -0.05) is 48.0 Å². The first kappa shape index (κ1) is 14.2. The molecule has 0 radical (unpaired) electrons. The predicted molar refractivity (Wildman–Crippen MR) is 58.2 cm³/mol. The van der Waals surface area contributed by atoms with Crippen molar-refractivity contribution < 1.29 is 5.11 Å². The van der Waals surface area contributed by atoms with Gasteiger partial charge in [-0.15, -0.1) is 0 Å². The molecule has 1 N–H and O–H groups in total. The molecule has 0 saturated heterocycles. The average molecular weight is 233 g/mol. The minimum atomic E-state index is 0.250. The Morgan fingerprint density at radius 1 is 1.17 bits per heavy atom. The van der Waals surface area contributed by atoms with Crippen LogP contribution in [0.1, 0.15) is 20.8 Å². The summed E-state index contributed by atoms with van der Waals surface area (Å²) < 4.78 is 1.13. The summed E-state index contributed by atoms with van der Waals surface area (Å²) in [5.74, 6) is 0. The fourth-order valence-corrected chi connectivity index (χ4v) is 0.720. The molecule has 1 aromatic carbocycles. The molecule has 1 rings (SSSR count). The van der Waals surface area contributed by atoms with Crippen molar-refractivity contribution in [2.24, 2.45) is 0 Å². The highest BCUT2D eigenvalue weighted by atomic mass is 79.9. The molecule has 1 nitrogen and oxygen atoms in total. The number of hydrogen-bond donors (Lipinski definition) is 1. The van der Waals surface area contributed by atoms with Gasteiger partial charge in [-0.25, -0.2) is 0 Å². The summed E-state index contributed by atoms with van der Waals surface area (Å²) in [6.45, 7) is 5.93. The Kier molecular flexibility index (Phi) is 15.7. The minimum Gasteiger partial charge on any atom is -0.397 e. The van der Waals surface area contributed by atoms with Crippen molar-refractivity contribution in [3.63, 3.8) is 0 Å². The number of aliphatic hydroxyl groups excluding tert-OH is 1. The molecule has 0 unspecified atom stereocenters. The van der Waals surface area contributed by atoms with E-state index in [4.69, 9.17) is 5.11 Å². The van der Waals surface area contributed by atoms with E-state index in [2.05, 4.69) is 15.9 Å². The summed E-state index contributed by atoms with van der Waals surface area (Å²) in [5, 5.41) is 7.57. The van der Waals surface area contributed by atoms with Gasteiger partial charge in [0.15, 0.2) is 0 Å². The number of benzene rings is 1. The first-order chi connectivity index (χ1) is 5.81. The molecule has 0 bridgehead atoms. The van der Waals surface area contributed by atoms with Crippen LogP contribution in [-0.2, 0) is 0 Å². The lowest BCUT2D eigenvalue weighted by molar-refractivity contribution is 0.318. The molecule has 2 heteroatoms. The van der Waals surface area contributed by atoms with Gasteiger partial charge in [-0.05, 0) is 19.1 Å². The largest absolute Gasteiger partial charge is 0.397 e. The van der Waals surface area contributed by atoms with Crippen molar-refractivity contribution in [3.05, 3.63) is 34.8 Å². The van der Waals surface area contributed by atoms with Gasteiger partial charge in [0, 0.05) is 11.1 Å². The zero-order chi connectivity index (χ0) is 9.82. The second-order valence-electron chi connectivity index (χ2n) is 1.61. The lowest BCUT2D eigenvalue weighted by Crippen LogP contribution is -1.57. The second-order valence-corrected chi connectivity index (χ2v) is 2.53. The van der Waals surface area contributed by atoms with Crippen LogP contribution in [0.5, 0.6) is 0 Å². The maximum atomic E-state index is 7.57. The maximum Gasteiger partial charge on any atom is 0.0402 e. The summed E-state index contributed by atoms with van der Waals surface area (Å²) in [4.78, 5) is 0. The molecule has 0 fully saturated rings. The highest BCUT2D eigenvalue weighted by molar-refractivity contribution is 9.10. The molecule has 0 aliphatic rings. The Bertz CT molecular complexity index is 151. The summed E-state index contributed by atoms with van der Waals surface area (Å²) >= 11 is 3.31. The van der Waals surface area contributed by atoms with Crippen molar-refractivity contribution in [2.45, 2.75) is 20.8 Å². The summed E-state index contributed by atoms with van der Waals surface area (Å²) in [7, 11) is 0. The van der Waals surface area contributed by atoms with E-state index in [9.17, 15) is 0 Å². The Hall–Kier alpha value is -0.340. The predicted octanol–water partition coefficient (Wildman–Crippen LogP) is 3.47. The Labute approximate surface area is 83.6 Å². The van der Waals surface area contributed by atoms with Crippen molar-refractivity contribution in [3.8, 4) is 0 Å². The Morgan fingerprint density at radius 3 is 1.67 bits per heavy atom. The third-order valence-corrected chi connectivity index (χ3v) is 1.26. The first-order valence-electron chi connectivity index (χ1n) is 4.12. The van der Waals surface area contributed by atoms with E-state index in [1.165, 1.54) is 0 Å². The standard InChI is InChI=1S/C6H5Br.C2H6O.C2H6/c7-6-4-2-1-3-5-6;1-2-3;1-2/h1-5H;3H,2H2,1H3;1-2H3. The zero-order valence-electron chi connectivity index (χ0n) is 7.92. The van der Waals surface area contributed by atoms with E-state index >= 15 is 0 Å². The van der Waals surface area contributed by atoms with Gasteiger partial charge in [0.25, 0.3) is 0 Å². The van der Waals surface area contributed by atoms with Crippen molar-refractivity contribution >= 4 is 15.9 Å². The molecule has 0 aromatic heterocycles. The Balaban J connectivity index is 0. The molecule has 0 saturated carbocycles. The van der Waals surface area contributed by atoms with E-state index in [0.717, 1.165) is 4.47 Å². The molecule has 70 valence electrons.